The van der Waals surface area contributed by atoms with E-state index in [0.29, 0.717) is 6.42 Å². The Hall–Kier alpha value is -1.61. The number of nitrogens with zero attached hydrogens (tertiary/aromatic N) is 1. The maximum absolute atomic E-state index is 14.5. The van der Waals surface area contributed by atoms with Gasteiger partial charge in [0, 0.05) is 6.42 Å². The van der Waals surface area contributed by atoms with E-state index < -0.39 is 6.17 Å². The fourth-order valence-corrected chi connectivity index (χ4v) is 2.06. The average molecular weight is 262 g/mol. The largest absolute Gasteiger partial charge is 0.374 e. The van der Waals surface area contributed by atoms with Gasteiger partial charge < -0.3 is 5.32 Å². The standard InChI is InChI=1S/C16H23FN2/c1-5-15(13(3)4)19(17)16(18-6-2)12-14-10-8-7-9-11-14/h5-11,13,15-16,18H,1-2,12H2,3-4H3. The van der Waals surface area contributed by atoms with Crippen molar-refractivity contribution in [1.29, 1.82) is 0 Å². The molecule has 3 heteroatoms. The molecule has 2 atom stereocenters. The molecule has 0 aliphatic rings. The summed E-state index contributed by atoms with van der Waals surface area (Å²) in [6.07, 6.45) is 3.31. The van der Waals surface area contributed by atoms with E-state index in [1.54, 1.807) is 6.08 Å². The van der Waals surface area contributed by atoms with Crippen LogP contribution in [0.15, 0.2) is 55.8 Å². The first-order valence-corrected chi connectivity index (χ1v) is 6.57. The van der Waals surface area contributed by atoms with E-state index in [4.69, 9.17) is 0 Å². The summed E-state index contributed by atoms with van der Waals surface area (Å²) >= 11 is 0. The van der Waals surface area contributed by atoms with Gasteiger partial charge in [0.15, 0.2) is 0 Å². The molecule has 104 valence electrons. The van der Waals surface area contributed by atoms with Crippen LogP contribution in [0.5, 0.6) is 0 Å². The Morgan fingerprint density at radius 3 is 2.37 bits per heavy atom. The summed E-state index contributed by atoms with van der Waals surface area (Å²) in [5.74, 6) is 0.160. The monoisotopic (exact) mass is 262 g/mol. The van der Waals surface area contributed by atoms with Crippen LogP contribution in [0.1, 0.15) is 19.4 Å². The van der Waals surface area contributed by atoms with Gasteiger partial charge in [0.2, 0.25) is 0 Å². The van der Waals surface area contributed by atoms with E-state index in [9.17, 15) is 4.48 Å². The normalized spacial score (nSPS) is 14.2. The molecule has 0 saturated carbocycles. The van der Waals surface area contributed by atoms with Gasteiger partial charge in [-0.3, -0.25) is 0 Å². The molecular formula is C16H23FN2. The summed E-state index contributed by atoms with van der Waals surface area (Å²) in [6.45, 7) is 11.3. The van der Waals surface area contributed by atoms with Crippen LogP contribution in [-0.2, 0) is 6.42 Å². The Morgan fingerprint density at radius 2 is 1.89 bits per heavy atom. The highest BCUT2D eigenvalue weighted by Gasteiger charge is 2.26. The third-order valence-corrected chi connectivity index (χ3v) is 3.09. The topological polar surface area (TPSA) is 15.3 Å². The second-order valence-corrected chi connectivity index (χ2v) is 4.89. The Morgan fingerprint density at radius 1 is 1.26 bits per heavy atom. The molecule has 2 nitrogen and oxygen atoms in total. The molecule has 0 aromatic heterocycles. The van der Waals surface area contributed by atoms with E-state index in [1.807, 2.05) is 44.2 Å². The van der Waals surface area contributed by atoms with E-state index >= 15 is 0 Å². The molecule has 2 unspecified atom stereocenters. The highest BCUT2D eigenvalue weighted by Crippen LogP contribution is 2.17. The van der Waals surface area contributed by atoms with E-state index in [0.717, 1.165) is 10.7 Å². The van der Waals surface area contributed by atoms with Crippen molar-refractivity contribution in [3.63, 3.8) is 0 Å². The van der Waals surface area contributed by atoms with Crippen LogP contribution >= 0.6 is 0 Å². The summed E-state index contributed by atoms with van der Waals surface area (Å²) in [6, 6.07) is 9.52. The van der Waals surface area contributed by atoms with Crippen LogP contribution in [0.2, 0.25) is 0 Å². The van der Waals surface area contributed by atoms with Crippen LogP contribution < -0.4 is 5.32 Å². The molecule has 0 bridgehead atoms. The molecule has 0 amide bonds. The first-order chi connectivity index (χ1) is 9.10. The van der Waals surface area contributed by atoms with E-state index in [1.165, 1.54) is 6.20 Å². The van der Waals surface area contributed by atoms with Crippen molar-refractivity contribution >= 4 is 0 Å². The molecule has 0 aliphatic heterocycles. The lowest BCUT2D eigenvalue weighted by Crippen LogP contribution is -2.46. The quantitative estimate of drug-likeness (QED) is 0.437. The van der Waals surface area contributed by atoms with Crippen molar-refractivity contribution < 1.29 is 4.48 Å². The van der Waals surface area contributed by atoms with Crippen LogP contribution in [0.4, 0.5) is 4.48 Å². The van der Waals surface area contributed by atoms with Gasteiger partial charge >= 0.3 is 0 Å². The van der Waals surface area contributed by atoms with Gasteiger partial charge in [0.05, 0.1) is 6.04 Å². The van der Waals surface area contributed by atoms with Crippen LogP contribution in [0, 0.1) is 5.92 Å². The zero-order valence-corrected chi connectivity index (χ0v) is 11.7. The predicted molar refractivity (Wildman–Crippen MR) is 79.0 cm³/mol. The summed E-state index contributed by atoms with van der Waals surface area (Å²) < 4.78 is 14.5. The average Bonchev–Trinajstić information content (AvgIpc) is 2.39. The molecule has 1 rings (SSSR count). The van der Waals surface area contributed by atoms with Gasteiger partial charge in [-0.2, -0.15) is 0 Å². The molecule has 0 radical (unpaired) electrons. The number of nitrogens with one attached hydrogen (secondary N) is 1. The lowest BCUT2D eigenvalue weighted by Gasteiger charge is -2.31. The lowest BCUT2D eigenvalue weighted by atomic mass is 10.0. The minimum atomic E-state index is -0.440. The molecule has 1 aromatic rings. The molecule has 1 N–H and O–H groups in total. The van der Waals surface area contributed by atoms with Crippen LogP contribution in [-0.4, -0.2) is 17.3 Å². The van der Waals surface area contributed by atoms with Gasteiger partial charge in [-0.25, -0.2) is 0 Å². The Labute approximate surface area is 115 Å². The summed E-state index contributed by atoms with van der Waals surface area (Å²) in [7, 11) is 0. The van der Waals surface area contributed by atoms with Crippen LogP contribution in [0.3, 0.4) is 0 Å². The minimum absolute atomic E-state index is 0.160. The summed E-state index contributed by atoms with van der Waals surface area (Å²) in [5.41, 5.74) is 1.08. The predicted octanol–water partition coefficient (Wildman–Crippen LogP) is 3.69. The third-order valence-electron chi connectivity index (χ3n) is 3.09. The second-order valence-electron chi connectivity index (χ2n) is 4.89. The molecule has 0 fully saturated rings. The number of benzene rings is 1. The highest BCUT2D eigenvalue weighted by atomic mass is 19.2. The van der Waals surface area contributed by atoms with Crippen molar-refractivity contribution in [1.82, 2.24) is 10.4 Å². The lowest BCUT2D eigenvalue weighted by molar-refractivity contribution is -0.0691. The van der Waals surface area contributed by atoms with E-state index in [2.05, 4.69) is 18.5 Å². The van der Waals surface area contributed by atoms with Gasteiger partial charge in [-0.1, -0.05) is 56.8 Å². The smallest absolute Gasteiger partial charge is 0.112 e. The van der Waals surface area contributed by atoms with Gasteiger partial charge in [-0.05, 0) is 17.7 Å². The maximum atomic E-state index is 14.5. The summed E-state index contributed by atoms with van der Waals surface area (Å²) in [4.78, 5) is 0. The molecule has 0 spiro atoms. The molecule has 19 heavy (non-hydrogen) atoms. The molecular weight excluding hydrogens is 239 g/mol. The molecule has 0 heterocycles. The van der Waals surface area contributed by atoms with Crippen molar-refractivity contribution in [2.75, 3.05) is 0 Å². The van der Waals surface area contributed by atoms with Crippen molar-refractivity contribution in [2.24, 2.45) is 5.92 Å². The SMILES string of the molecule is C=CNC(Cc1ccccc1)N(F)C(C=C)C(C)C. The molecule has 1 aromatic carbocycles. The number of hydrogen-bond donors (Lipinski definition) is 1. The maximum Gasteiger partial charge on any atom is 0.112 e. The van der Waals surface area contributed by atoms with E-state index in [-0.39, 0.29) is 12.0 Å². The second kappa shape index (κ2) is 7.74. The van der Waals surface area contributed by atoms with Crippen molar-refractivity contribution in [3.05, 3.63) is 61.3 Å². The Balaban J connectivity index is 2.81. The first kappa shape index (κ1) is 15.4. The highest BCUT2D eigenvalue weighted by molar-refractivity contribution is 5.16. The zero-order valence-electron chi connectivity index (χ0n) is 11.7. The molecule has 0 saturated heterocycles. The first-order valence-electron chi connectivity index (χ1n) is 6.57. The van der Waals surface area contributed by atoms with Crippen molar-refractivity contribution in [2.45, 2.75) is 32.5 Å². The number of hydrogen-bond acceptors (Lipinski definition) is 2. The van der Waals surface area contributed by atoms with Gasteiger partial charge in [0.25, 0.3) is 0 Å². The number of rotatable bonds is 8. The zero-order chi connectivity index (χ0) is 14.3. The summed E-state index contributed by atoms with van der Waals surface area (Å²) in [5, 5.41) is 3.79. The van der Waals surface area contributed by atoms with Crippen molar-refractivity contribution in [3.8, 4) is 0 Å². The fraction of sp³-hybridized carbons (Fsp3) is 0.375. The fourth-order valence-electron chi connectivity index (χ4n) is 2.06. The third kappa shape index (κ3) is 4.52. The van der Waals surface area contributed by atoms with Gasteiger partial charge in [0.1, 0.15) is 6.17 Å². The number of halogens is 1. The van der Waals surface area contributed by atoms with Crippen LogP contribution in [0.25, 0.3) is 0 Å². The van der Waals surface area contributed by atoms with Gasteiger partial charge in [-0.15, -0.1) is 16.2 Å². The minimum Gasteiger partial charge on any atom is -0.374 e. The molecule has 0 aliphatic carbocycles. The Bertz CT molecular complexity index is 389. The Kier molecular flexibility index (Phi) is 6.30.